The number of aromatic nitrogens is 4. The van der Waals surface area contributed by atoms with Crippen molar-refractivity contribution in [2.24, 2.45) is 0 Å². The molecule has 3 heterocycles. The van der Waals surface area contributed by atoms with Crippen molar-refractivity contribution in [1.29, 1.82) is 0 Å². The average molecular weight is 459 g/mol. The van der Waals surface area contributed by atoms with Crippen molar-refractivity contribution in [3.63, 3.8) is 0 Å². The Kier molecular flexibility index (Phi) is 4.66. The van der Waals surface area contributed by atoms with Crippen molar-refractivity contribution in [3.8, 4) is 22.6 Å². The summed E-state index contributed by atoms with van der Waals surface area (Å²) >= 11 is 0. The Bertz CT molecular complexity index is 1410. The normalized spacial score (nSPS) is 14.3. The predicted molar refractivity (Wildman–Crippen MR) is 116 cm³/mol. The molecule has 2 aromatic carbocycles. The van der Waals surface area contributed by atoms with Crippen LogP contribution >= 0.6 is 0 Å². The number of ether oxygens (including phenoxy) is 1. The summed E-state index contributed by atoms with van der Waals surface area (Å²) in [4.78, 5) is 0. The number of hydrogen-bond donors (Lipinski definition) is 1. The number of anilines is 1. The molecule has 33 heavy (non-hydrogen) atoms. The van der Waals surface area contributed by atoms with Gasteiger partial charge in [-0.05, 0) is 50.6 Å². The summed E-state index contributed by atoms with van der Waals surface area (Å²) in [6.45, 7) is 4.88. The number of fused-ring (bicyclic) bond motifs is 4. The van der Waals surface area contributed by atoms with Gasteiger partial charge >= 0.3 is 0 Å². The van der Waals surface area contributed by atoms with Gasteiger partial charge in [-0.3, -0.25) is 4.57 Å². The Morgan fingerprint density at radius 1 is 1.12 bits per heavy atom. The minimum atomic E-state index is -2.60. The molecule has 0 atom stereocenters. The van der Waals surface area contributed by atoms with E-state index in [1.807, 2.05) is 13.8 Å². The maximum absolute atomic E-state index is 15.5. The van der Waals surface area contributed by atoms with E-state index in [2.05, 4.69) is 15.5 Å². The average Bonchev–Trinajstić information content (AvgIpc) is 3.32. The number of methoxy groups -OCH3 is 1. The highest BCUT2D eigenvalue weighted by Gasteiger charge is 2.38. The van der Waals surface area contributed by atoms with Crippen LogP contribution in [0, 0.1) is 18.6 Å². The molecular formula is C23H21F4N5O. The fourth-order valence-electron chi connectivity index (χ4n) is 4.55. The lowest BCUT2D eigenvalue weighted by Crippen LogP contribution is -2.36. The zero-order valence-electron chi connectivity index (χ0n) is 18.4. The van der Waals surface area contributed by atoms with E-state index in [4.69, 9.17) is 4.74 Å². The summed E-state index contributed by atoms with van der Waals surface area (Å²) in [5.74, 6) is 0.175. The van der Waals surface area contributed by atoms with E-state index < -0.39 is 30.1 Å². The second-order valence-corrected chi connectivity index (χ2v) is 8.56. The largest absolute Gasteiger partial charge is 0.494 e. The summed E-state index contributed by atoms with van der Waals surface area (Å²) in [5.41, 5.74) is 0.765. The molecule has 0 radical (unpaired) electrons. The smallest absolute Gasteiger partial charge is 0.256 e. The van der Waals surface area contributed by atoms with Gasteiger partial charge in [0.15, 0.2) is 11.6 Å². The van der Waals surface area contributed by atoms with Gasteiger partial charge in [-0.25, -0.2) is 17.6 Å². The summed E-state index contributed by atoms with van der Waals surface area (Å²) in [7, 11) is 1.44. The van der Waals surface area contributed by atoms with Crippen LogP contribution in [0.3, 0.4) is 0 Å². The Hall–Kier alpha value is -3.56. The van der Waals surface area contributed by atoms with Crippen LogP contribution in [0.15, 0.2) is 30.5 Å². The predicted octanol–water partition coefficient (Wildman–Crippen LogP) is 5.41. The summed E-state index contributed by atoms with van der Waals surface area (Å²) in [6.07, 6.45) is -1.14. The van der Waals surface area contributed by atoms with Crippen molar-refractivity contribution < 1.29 is 22.3 Å². The number of nitrogens with zero attached hydrogens (tertiary/aromatic N) is 4. The lowest BCUT2D eigenvalue weighted by molar-refractivity contribution is 0.128. The molecular weight excluding hydrogens is 438 g/mol. The molecule has 0 spiro atoms. The molecule has 0 unspecified atom stereocenters. The second kappa shape index (κ2) is 7.23. The third kappa shape index (κ3) is 3.15. The Balaban J connectivity index is 1.83. The Labute approximate surface area is 186 Å². The van der Waals surface area contributed by atoms with E-state index >= 15 is 4.39 Å². The van der Waals surface area contributed by atoms with Gasteiger partial charge in [0.2, 0.25) is 0 Å². The standard InChI is InChI=1S/C23H21F4N5O/c1-11-29-30-22-23(2,3)28-19-16(25)9-15(21(33-4)20(19)32(11)22)14-7-12(24)8-17-13(14)5-6-31(17)10-18(26)27/h5-9,18,28H,10H2,1-4H3. The van der Waals surface area contributed by atoms with Gasteiger partial charge in [0.05, 0.1) is 30.4 Å². The summed E-state index contributed by atoms with van der Waals surface area (Å²) in [5, 5.41) is 12.1. The van der Waals surface area contributed by atoms with E-state index in [1.165, 1.54) is 36.1 Å². The molecule has 1 aliphatic heterocycles. The molecule has 0 aliphatic carbocycles. The zero-order chi connectivity index (χ0) is 23.7. The van der Waals surface area contributed by atoms with Crippen LogP contribution in [0.1, 0.15) is 25.5 Å². The summed E-state index contributed by atoms with van der Waals surface area (Å²) < 4.78 is 64.9. The molecule has 172 valence electrons. The van der Waals surface area contributed by atoms with Gasteiger partial charge in [0.1, 0.15) is 23.1 Å². The first-order valence-corrected chi connectivity index (χ1v) is 10.3. The quantitative estimate of drug-likeness (QED) is 0.415. The molecule has 1 aliphatic rings. The van der Waals surface area contributed by atoms with Gasteiger partial charge in [-0.1, -0.05) is 0 Å². The topological polar surface area (TPSA) is 56.9 Å². The lowest BCUT2D eigenvalue weighted by Gasteiger charge is -2.35. The van der Waals surface area contributed by atoms with Crippen LogP contribution in [-0.4, -0.2) is 32.9 Å². The molecule has 0 saturated carbocycles. The molecule has 1 N–H and O–H groups in total. The van der Waals surface area contributed by atoms with Crippen molar-refractivity contribution in [3.05, 3.63) is 53.7 Å². The minimum Gasteiger partial charge on any atom is -0.494 e. The number of alkyl halides is 2. The fourth-order valence-corrected chi connectivity index (χ4v) is 4.55. The Morgan fingerprint density at radius 3 is 2.58 bits per heavy atom. The van der Waals surface area contributed by atoms with E-state index in [1.54, 1.807) is 17.6 Å². The molecule has 5 rings (SSSR count). The first-order chi connectivity index (χ1) is 15.6. The highest BCUT2D eigenvalue weighted by atomic mass is 19.3. The first-order valence-electron chi connectivity index (χ1n) is 10.3. The number of halogens is 4. The van der Waals surface area contributed by atoms with Gasteiger partial charge in [0.25, 0.3) is 6.43 Å². The maximum Gasteiger partial charge on any atom is 0.256 e. The van der Waals surface area contributed by atoms with Crippen LogP contribution in [-0.2, 0) is 12.1 Å². The number of aryl methyl sites for hydroxylation is 1. The van der Waals surface area contributed by atoms with E-state index in [0.717, 1.165) is 0 Å². The van der Waals surface area contributed by atoms with E-state index in [9.17, 15) is 13.2 Å². The molecule has 0 amide bonds. The highest BCUT2D eigenvalue weighted by molar-refractivity contribution is 5.99. The van der Waals surface area contributed by atoms with Crippen LogP contribution in [0.2, 0.25) is 0 Å². The number of nitrogens with one attached hydrogen (secondary N) is 1. The first kappa shape index (κ1) is 21.3. The van der Waals surface area contributed by atoms with Gasteiger partial charge in [0, 0.05) is 17.1 Å². The van der Waals surface area contributed by atoms with Crippen molar-refractivity contribution >= 4 is 16.6 Å². The highest BCUT2D eigenvalue weighted by Crippen LogP contribution is 2.48. The monoisotopic (exact) mass is 459 g/mol. The van der Waals surface area contributed by atoms with Crippen LogP contribution in [0.25, 0.3) is 27.7 Å². The lowest BCUT2D eigenvalue weighted by atomic mass is 9.95. The van der Waals surface area contributed by atoms with Crippen molar-refractivity contribution in [2.75, 3.05) is 12.4 Å². The molecule has 2 aromatic heterocycles. The minimum absolute atomic E-state index is 0.207. The van der Waals surface area contributed by atoms with Gasteiger partial charge in [-0.15, -0.1) is 10.2 Å². The third-order valence-corrected chi connectivity index (χ3v) is 5.93. The molecule has 0 saturated heterocycles. The van der Waals surface area contributed by atoms with Crippen LogP contribution in [0.5, 0.6) is 5.75 Å². The van der Waals surface area contributed by atoms with E-state index in [-0.39, 0.29) is 22.5 Å². The molecule has 0 fully saturated rings. The Morgan fingerprint density at radius 2 is 1.88 bits per heavy atom. The van der Waals surface area contributed by atoms with E-state index in [0.29, 0.717) is 28.3 Å². The molecule has 4 aromatic rings. The van der Waals surface area contributed by atoms with Crippen LogP contribution < -0.4 is 10.1 Å². The number of rotatable bonds is 4. The summed E-state index contributed by atoms with van der Waals surface area (Å²) in [6, 6.07) is 5.32. The zero-order valence-corrected chi connectivity index (χ0v) is 18.4. The van der Waals surface area contributed by atoms with Gasteiger partial charge < -0.3 is 14.6 Å². The molecule has 6 nitrogen and oxygen atoms in total. The van der Waals surface area contributed by atoms with Crippen molar-refractivity contribution in [1.82, 2.24) is 19.3 Å². The van der Waals surface area contributed by atoms with Crippen molar-refractivity contribution in [2.45, 2.75) is 39.3 Å². The SMILES string of the molecule is COc1c(-c2cc(F)cc3c2ccn3CC(F)F)cc(F)c2c1-n1c(C)nnc1C(C)(C)N2. The molecule has 0 bridgehead atoms. The number of benzene rings is 2. The van der Waals surface area contributed by atoms with Gasteiger partial charge in [-0.2, -0.15) is 0 Å². The number of hydrogen-bond acceptors (Lipinski definition) is 4. The van der Waals surface area contributed by atoms with Crippen LogP contribution in [0.4, 0.5) is 23.2 Å². The second-order valence-electron chi connectivity index (χ2n) is 8.56. The maximum atomic E-state index is 15.5. The molecule has 10 heteroatoms. The third-order valence-electron chi connectivity index (χ3n) is 5.93. The fraction of sp³-hybridized carbons (Fsp3) is 0.304.